The molecule has 2 atom stereocenters. The van der Waals surface area contributed by atoms with Crippen molar-refractivity contribution in [1.82, 2.24) is 30.0 Å². The molecule has 8 nitrogen and oxygen atoms in total. The van der Waals surface area contributed by atoms with Crippen LogP contribution in [0.3, 0.4) is 0 Å². The molecular formula is C21H26F3N7O. The van der Waals surface area contributed by atoms with E-state index in [1.807, 2.05) is 32.4 Å². The normalized spacial score (nSPS) is 20.7. The van der Waals surface area contributed by atoms with Crippen molar-refractivity contribution in [3.05, 3.63) is 35.4 Å². The quantitative estimate of drug-likeness (QED) is 0.743. The summed E-state index contributed by atoms with van der Waals surface area (Å²) in [4.78, 5) is 23.0. The Balaban J connectivity index is 1.52. The van der Waals surface area contributed by atoms with E-state index in [2.05, 4.69) is 21.5 Å². The molecule has 3 heterocycles. The summed E-state index contributed by atoms with van der Waals surface area (Å²) in [6, 6.07) is -0.821. The predicted octanol–water partition coefficient (Wildman–Crippen LogP) is 3.71. The van der Waals surface area contributed by atoms with Crippen molar-refractivity contribution in [2.24, 2.45) is 13.0 Å². The van der Waals surface area contributed by atoms with E-state index in [-0.39, 0.29) is 12.0 Å². The molecule has 2 unspecified atom stereocenters. The number of alkyl halides is 3. The van der Waals surface area contributed by atoms with Crippen LogP contribution < -0.4 is 10.6 Å². The van der Waals surface area contributed by atoms with Crippen LogP contribution in [-0.4, -0.2) is 56.0 Å². The Kier molecular flexibility index (Phi) is 5.83. The molecule has 2 aromatic heterocycles. The fourth-order valence-electron chi connectivity index (χ4n) is 4.41. The van der Waals surface area contributed by atoms with E-state index in [1.54, 1.807) is 10.9 Å². The summed E-state index contributed by atoms with van der Waals surface area (Å²) in [7, 11) is 1.83. The van der Waals surface area contributed by atoms with Gasteiger partial charge in [-0.25, -0.2) is 14.8 Å². The minimum absolute atomic E-state index is 0.159. The number of likely N-dealkylation sites (tertiary alicyclic amines) is 1. The lowest BCUT2D eigenvalue weighted by Gasteiger charge is -2.27. The van der Waals surface area contributed by atoms with Gasteiger partial charge in [0.2, 0.25) is 5.95 Å². The molecule has 2 amide bonds. The Morgan fingerprint density at radius 2 is 2.09 bits per heavy atom. The monoisotopic (exact) mass is 449 g/mol. The molecule has 2 aliphatic rings. The number of nitrogens with one attached hydrogen (secondary N) is 2. The smallest absolute Gasteiger partial charge is 0.329 e. The fourth-order valence-corrected chi connectivity index (χ4v) is 4.41. The maximum absolute atomic E-state index is 12.5. The zero-order valence-corrected chi connectivity index (χ0v) is 18.2. The average Bonchev–Trinajstić information content (AvgIpc) is 3.17. The number of nitrogens with zero attached hydrogens (tertiary/aromatic N) is 5. The molecule has 0 spiro atoms. The van der Waals surface area contributed by atoms with Crippen LogP contribution >= 0.6 is 0 Å². The summed E-state index contributed by atoms with van der Waals surface area (Å²) in [6.07, 6.45) is 3.36. The average molecular weight is 449 g/mol. The summed E-state index contributed by atoms with van der Waals surface area (Å²) in [5.74, 6) is 0.670. The lowest BCUT2D eigenvalue weighted by Crippen LogP contribution is -2.46. The van der Waals surface area contributed by atoms with Gasteiger partial charge in [-0.3, -0.25) is 4.68 Å². The second kappa shape index (κ2) is 8.44. The second-order valence-electron chi connectivity index (χ2n) is 8.50. The number of aryl methyl sites for hydroxylation is 3. The van der Waals surface area contributed by atoms with Crippen LogP contribution in [0.1, 0.15) is 36.2 Å². The number of hydrogen-bond donors (Lipinski definition) is 2. The van der Waals surface area contributed by atoms with Gasteiger partial charge in [0.05, 0.1) is 17.1 Å². The molecule has 4 rings (SSSR count). The minimum atomic E-state index is -4.43. The first-order valence-corrected chi connectivity index (χ1v) is 10.5. The van der Waals surface area contributed by atoms with Crippen LogP contribution in [0.25, 0.3) is 5.57 Å². The number of allylic oxidation sites excluding steroid dienone is 1. The molecule has 1 saturated heterocycles. The van der Waals surface area contributed by atoms with Gasteiger partial charge in [-0.1, -0.05) is 6.08 Å². The maximum Gasteiger partial charge on any atom is 0.405 e. The minimum Gasteiger partial charge on any atom is -0.329 e. The Morgan fingerprint density at radius 3 is 2.78 bits per heavy atom. The van der Waals surface area contributed by atoms with Crippen molar-refractivity contribution in [1.29, 1.82) is 0 Å². The van der Waals surface area contributed by atoms with Gasteiger partial charge in [-0.05, 0) is 50.2 Å². The highest BCUT2D eigenvalue weighted by Crippen LogP contribution is 2.37. The number of carbonyl (C=O) groups excluding carboxylic acids is 1. The van der Waals surface area contributed by atoms with Crippen LogP contribution in [0.2, 0.25) is 0 Å². The van der Waals surface area contributed by atoms with E-state index < -0.39 is 18.8 Å². The molecule has 32 heavy (non-hydrogen) atoms. The van der Waals surface area contributed by atoms with Gasteiger partial charge in [0.25, 0.3) is 0 Å². The summed E-state index contributed by atoms with van der Waals surface area (Å²) in [5, 5.41) is 9.50. The lowest BCUT2D eigenvalue weighted by molar-refractivity contribution is -0.123. The van der Waals surface area contributed by atoms with Crippen LogP contribution in [0.15, 0.2) is 18.5 Å². The number of carbonyl (C=O) groups is 1. The van der Waals surface area contributed by atoms with Crippen molar-refractivity contribution in [2.75, 3.05) is 18.4 Å². The number of aromatic nitrogens is 4. The van der Waals surface area contributed by atoms with Crippen molar-refractivity contribution in [3.8, 4) is 0 Å². The first-order chi connectivity index (χ1) is 15.1. The predicted molar refractivity (Wildman–Crippen MR) is 113 cm³/mol. The first-order valence-electron chi connectivity index (χ1n) is 10.5. The molecule has 11 heteroatoms. The van der Waals surface area contributed by atoms with E-state index in [0.717, 1.165) is 41.1 Å². The molecule has 172 valence electrons. The summed E-state index contributed by atoms with van der Waals surface area (Å²) < 4.78 is 39.3. The number of urea groups is 1. The number of hydrogen-bond acceptors (Lipinski definition) is 5. The molecular weight excluding hydrogens is 423 g/mol. The van der Waals surface area contributed by atoms with E-state index in [4.69, 9.17) is 4.98 Å². The summed E-state index contributed by atoms with van der Waals surface area (Å²) >= 11 is 0. The van der Waals surface area contributed by atoms with E-state index in [9.17, 15) is 18.0 Å². The standard InChI is InChI=1S/C21H26F3N7O/c1-12-8-25-19(27-17-10-30(3)29-13(17)2)28-18(12)15-5-4-14-6-16(7-15)31(9-14)20(32)26-11-21(22,23)24/h5,8,10,14,16H,4,6-7,9,11H2,1-3H3,(H,26,32)(H,25,27,28). The molecule has 1 aliphatic heterocycles. The van der Waals surface area contributed by atoms with Gasteiger partial charge in [-0.15, -0.1) is 0 Å². The topological polar surface area (TPSA) is 88.0 Å². The highest BCUT2D eigenvalue weighted by atomic mass is 19.4. The highest BCUT2D eigenvalue weighted by Gasteiger charge is 2.38. The number of amides is 2. The van der Waals surface area contributed by atoms with Gasteiger partial charge in [0, 0.05) is 32.0 Å². The van der Waals surface area contributed by atoms with Crippen molar-refractivity contribution >= 4 is 23.2 Å². The summed E-state index contributed by atoms with van der Waals surface area (Å²) in [6.45, 7) is 2.96. The third-order valence-corrected chi connectivity index (χ3v) is 5.89. The van der Waals surface area contributed by atoms with Crippen LogP contribution in [-0.2, 0) is 7.05 Å². The number of rotatable bonds is 4. The van der Waals surface area contributed by atoms with Crippen molar-refractivity contribution < 1.29 is 18.0 Å². The third kappa shape index (κ3) is 4.86. The van der Waals surface area contributed by atoms with Gasteiger partial charge in [-0.2, -0.15) is 18.3 Å². The van der Waals surface area contributed by atoms with E-state index in [0.29, 0.717) is 18.9 Å². The SMILES string of the molecule is Cc1cnc(Nc2cn(C)nc2C)nc1C1=CCC2CC(C1)N(C(=O)NCC(F)(F)F)C2. The second-order valence-corrected chi connectivity index (χ2v) is 8.50. The first kappa shape index (κ1) is 22.1. The Morgan fingerprint density at radius 1 is 1.31 bits per heavy atom. The number of fused-ring (bicyclic) bond motifs is 2. The largest absolute Gasteiger partial charge is 0.405 e. The zero-order valence-electron chi connectivity index (χ0n) is 18.2. The highest BCUT2D eigenvalue weighted by molar-refractivity contribution is 5.76. The van der Waals surface area contributed by atoms with Gasteiger partial charge < -0.3 is 15.5 Å². The molecule has 2 bridgehead atoms. The maximum atomic E-state index is 12.5. The molecule has 0 aromatic carbocycles. The molecule has 1 aliphatic carbocycles. The van der Waals surface area contributed by atoms with Gasteiger partial charge in [0.1, 0.15) is 6.54 Å². The van der Waals surface area contributed by atoms with Crippen molar-refractivity contribution in [3.63, 3.8) is 0 Å². The van der Waals surface area contributed by atoms with Crippen LogP contribution in [0, 0.1) is 19.8 Å². The Labute approximate surface area is 183 Å². The molecule has 2 N–H and O–H groups in total. The molecule has 0 radical (unpaired) electrons. The lowest BCUT2D eigenvalue weighted by atomic mass is 10.0. The Hall–Kier alpha value is -3.11. The number of anilines is 2. The van der Waals surface area contributed by atoms with Crippen molar-refractivity contribution in [2.45, 2.75) is 45.3 Å². The van der Waals surface area contributed by atoms with E-state index >= 15 is 0 Å². The van der Waals surface area contributed by atoms with Gasteiger partial charge >= 0.3 is 12.2 Å². The third-order valence-electron chi connectivity index (χ3n) is 5.89. The number of halogens is 3. The van der Waals surface area contributed by atoms with E-state index in [1.165, 1.54) is 4.90 Å². The summed E-state index contributed by atoms with van der Waals surface area (Å²) in [5.41, 5.74) is 4.30. The molecule has 0 saturated carbocycles. The van der Waals surface area contributed by atoms with Crippen LogP contribution in [0.4, 0.5) is 29.6 Å². The molecule has 1 fully saturated rings. The zero-order chi connectivity index (χ0) is 23.0. The Bertz CT molecular complexity index is 1050. The van der Waals surface area contributed by atoms with Crippen LogP contribution in [0.5, 0.6) is 0 Å². The van der Waals surface area contributed by atoms with Gasteiger partial charge in [0.15, 0.2) is 0 Å². The fraction of sp³-hybridized carbons (Fsp3) is 0.524. The molecule has 2 aromatic rings.